The maximum atomic E-state index is 12.8. The Bertz CT molecular complexity index is 795. The topological polar surface area (TPSA) is 57.2 Å². The molecule has 0 spiro atoms. The molecule has 2 aromatic rings. The van der Waals surface area contributed by atoms with Crippen LogP contribution in [0.25, 0.3) is 0 Å². The highest BCUT2D eigenvalue weighted by Gasteiger charge is 2.54. The Morgan fingerprint density at radius 1 is 1.07 bits per heavy atom. The van der Waals surface area contributed by atoms with Gasteiger partial charge in [-0.1, -0.05) is 48.5 Å². The van der Waals surface area contributed by atoms with Crippen molar-refractivity contribution in [1.82, 2.24) is 4.90 Å². The fraction of sp³-hybridized carbons (Fsp3) is 0.409. The van der Waals surface area contributed by atoms with Gasteiger partial charge in [-0.05, 0) is 31.5 Å². The smallest absolute Gasteiger partial charge is 0.410 e. The van der Waals surface area contributed by atoms with Gasteiger partial charge in [0.05, 0.1) is 12.6 Å². The molecule has 0 bridgehead atoms. The number of carbonyl (C=O) groups excluding carboxylic acids is 1. The highest BCUT2D eigenvalue weighted by Crippen LogP contribution is 2.37. The first kappa shape index (κ1) is 18.8. The fourth-order valence-corrected chi connectivity index (χ4v) is 3.73. The third-order valence-electron chi connectivity index (χ3n) is 4.98. The average Bonchev–Trinajstić information content (AvgIpc) is 3.18. The molecule has 6 heteroatoms. The maximum absolute atomic E-state index is 12.8. The maximum Gasteiger partial charge on any atom is 0.410 e. The van der Waals surface area contributed by atoms with Gasteiger partial charge in [0.25, 0.3) is 0 Å². The molecule has 2 saturated heterocycles. The molecule has 2 fully saturated rings. The van der Waals surface area contributed by atoms with Crippen molar-refractivity contribution in [3.8, 4) is 5.75 Å². The van der Waals surface area contributed by atoms with E-state index in [1.807, 2.05) is 74.5 Å². The molecule has 6 nitrogen and oxygen atoms in total. The minimum absolute atomic E-state index is 0.191. The van der Waals surface area contributed by atoms with Gasteiger partial charge in [0.15, 0.2) is 5.79 Å². The van der Waals surface area contributed by atoms with Crippen molar-refractivity contribution in [2.24, 2.45) is 0 Å². The van der Waals surface area contributed by atoms with Crippen LogP contribution in [0.2, 0.25) is 0 Å². The lowest BCUT2D eigenvalue weighted by molar-refractivity contribution is -0.161. The van der Waals surface area contributed by atoms with Gasteiger partial charge in [-0.2, -0.15) is 0 Å². The summed E-state index contributed by atoms with van der Waals surface area (Å²) in [6, 6.07) is 18.9. The molecule has 28 heavy (non-hydrogen) atoms. The molecule has 2 aliphatic rings. The second kappa shape index (κ2) is 7.81. The molecule has 0 aromatic heterocycles. The minimum Gasteiger partial charge on any atom is -0.491 e. The van der Waals surface area contributed by atoms with E-state index in [1.54, 1.807) is 4.90 Å². The molecule has 3 atom stereocenters. The Kier molecular flexibility index (Phi) is 5.24. The van der Waals surface area contributed by atoms with Gasteiger partial charge in [-0.25, -0.2) is 4.79 Å². The zero-order valence-electron chi connectivity index (χ0n) is 16.1. The molecule has 148 valence electrons. The summed E-state index contributed by atoms with van der Waals surface area (Å²) >= 11 is 0. The SMILES string of the molecule is CC1(C)O[C@H]2[C@H](CN(C(=O)OCc3ccccc3)[C@@H]2COc2ccccc2)O1. The first-order valence-corrected chi connectivity index (χ1v) is 9.53. The van der Waals surface area contributed by atoms with Crippen molar-refractivity contribution < 1.29 is 23.7 Å². The van der Waals surface area contributed by atoms with Gasteiger partial charge >= 0.3 is 6.09 Å². The molecule has 2 aliphatic heterocycles. The van der Waals surface area contributed by atoms with E-state index in [0.29, 0.717) is 13.2 Å². The van der Waals surface area contributed by atoms with E-state index in [-0.39, 0.29) is 30.9 Å². The van der Waals surface area contributed by atoms with E-state index in [4.69, 9.17) is 18.9 Å². The van der Waals surface area contributed by atoms with E-state index in [1.165, 1.54) is 0 Å². The highest BCUT2D eigenvalue weighted by atomic mass is 16.8. The number of ether oxygens (including phenoxy) is 4. The lowest BCUT2D eigenvalue weighted by Gasteiger charge is -2.29. The number of rotatable bonds is 5. The van der Waals surface area contributed by atoms with Crippen molar-refractivity contribution >= 4 is 6.09 Å². The first-order chi connectivity index (χ1) is 13.5. The van der Waals surface area contributed by atoms with Crippen molar-refractivity contribution in [1.29, 1.82) is 0 Å². The number of nitrogens with zero attached hydrogens (tertiary/aromatic N) is 1. The molecular weight excluding hydrogens is 358 g/mol. The van der Waals surface area contributed by atoms with Gasteiger partial charge in [0.1, 0.15) is 31.2 Å². The second-order valence-electron chi connectivity index (χ2n) is 7.52. The normalized spacial score (nSPS) is 25.4. The number of hydrogen-bond acceptors (Lipinski definition) is 5. The Hall–Kier alpha value is -2.57. The van der Waals surface area contributed by atoms with Gasteiger partial charge in [0, 0.05) is 0 Å². The molecule has 4 rings (SSSR count). The van der Waals surface area contributed by atoms with Gasteiger partial charge in [-0.15, -0.1) is 0 Å². The van der Waals surface area contributed by atoms with Crippen LogP contribution in [-0.2, 0) is 20.8 Å². The molecule has 0 radical (unpaired) electrons. The summed E-state index contributed by atoms with van der Waals surface area (Å²) in [5.74, 6) is 0.0853. The number of hydrogen-bond donors (Lipinski definition) is 0. The van der Waals surface area contributed by atoms with E-state index in [2.05, 4.69) is 0 Å². The Morgan fingerprint density at radius 3 is 2.46 bits per heavy atom. The highest BCUT2D eigenvalue weighted by molar-refractivity contribution is 5.69. The predicted octanol–water partition coefficient (Wildman–Crippen LogP) is 3.61. The summed E-state index contributed by atoms with van der Waals surface area (Å²) in [4.78, 5) is 14.4. The summed E-state index contributed by atoms with van der Waals surface area (Å²) in [6.07, 6.45) is -0.823. The molecule has 2 heterocycles. The number of amides is 1. The van der Waals surface area contributed by atoms with Crippen LogP contribution in [0, 0.1) is 0 Å². The molecule has 0 N–H and O–H groups in total. The zero-order valence-corrected chi connectivity index (χ0v) is 16.1. The fourth-order valence-electron chi connectivity index (χ4n) is 3.73. The van der Waals surface area contributed by atoms with Crippen molar-refractivity contribution in [2.45, 2.75) is 44.5 Å². The monoisotopic (exact) mass is 383 g/mol. The summed E-state index contributed by atoms with van der Waals surface area (Å²) < 4.78 is 23.5. The van der Waals surface area contributed by atoms with Gasteiger partial charge in [0.2, 0.25) is 0 Å². The third-order valence-corrected chi connectivity index (χ3v) is 4.98. The first-order valence-electron chi connectivity index (χ1n) is 9.53. The van der Waals surface area contributed by atoms with E-state index >= 15 is 0 Å². The molecular formula is C22H25NO5. The number of likely N-dealkylation sites (tertiary alicyclic amines) is 1. The van der Waals surface area contributed by atoms with Gasteiger partial charge < -0.3 is 18.9 Å². The number of benzene rings is 2. The third kappa shape index (κ3) is 4.13. The van der Waals surface area contributed by atoms with Crippen LogP contribution in [0.3, 0.4) is 0 Å². The van der Waals surface area contributed by atoms with Crippen LogP contribution in [0.4, 0.5) is 4.79 Å². The second-order valence-corrected chi connectivity index (χ2v) is 7.52. The van der Waals surface area contributed by atoms with E-state index < -0.39 is 5.79 Å². The molecule has 0 saturated carbocycles. The lowest BCUT2D eigenvalue weighted by atomic mass is 10.1. The predicted molar refractivity (Wildman–Crippen MR) is 103 cm³/mol. The Labute approximate surface area is 165 Å². The van der Waals surface area contributed by atoms with Crippen LogP contribution in [0.1, 0.15) is 19.4 Å². The van der Waals surface area contributed by atoms with Crippen LogP contribution < -0.4 is 4.74 Å². The quantitative estimate of drug-likeness (QED) is 0.790. The average molecular weight is 383 g/mol. The number of fused-ring (bicyclic) bond motifs is 1. The zero-order chi connectivity index (χ0) is 19.6. The van der Waals surface area contributed by atoms with E-state index in [9.17, 15) is 4.79 Å². The Morgan fingerprint density at radius 2 is 1.75 bits per heavy atom. The molecule has 1 amide bonds. The lowest BCUT2D eigenvalue weighted by Crippen LogP contribution is -2.45. The molecule has 0 aliphatic carbocycles. The summed E-state index contributed by atoms with van der Waals surface area (Å²) in [5, 5.41) is 0. The minimum atomic E-state index is -0.666. The molecule has 2 aromatic carbocycles. The van der Waals surface area contributed by atoms with Crippen molar-refractivity contribution in [3.05, 3.63) is 66.2 Å². The van der Waals surface area contributed by atoms with E-state index in [0.717, 1.165) is 11.3 Å². The van der Waals surface area contributed by atoms with Crippen LogP contribution in [0.15, 0.2) is 60.7 Å². The standard InChI is InChI=1S/C22H25NO5/c1-22(2)27-19-13-23(21(24)26-14-16-9-5-3-6-10-16)18(20(19)28-22)15-25-17-11-7-4-8-12-17/h3-12,18-20H,13-15H2,1-2H3/t18-,19+,20-/m1/s1. The summed E-state index contributed by atoms with van der Waals surface area (Å²) in [5.41, 5.74) is 0.945. The summed E-state index contributed by atoms with van der Waals surface area (Å²) in [6.45, 7) is 4.73. The number of para-hydroxylation sites is 1. The van der Waals surface area contributed by atoms with Crippen molar-refractivity contribution in [2.75, 3.05) is 13.2 Å². The summed E-state index contributed by atoms with van der Waals surface area (Å²) in [7, 11) is 0. The molecule has 0 unspecified atom stereocenters. The van der Waals surface area contributed by atoms with Crippen molar-refractivity contribution in [3.63, 3.8) is 0 Å². The van der Waals surface area contributed by atoms with Crippen LogP contribution in [-0.4, -0.2) is 48.2 Å². The van der Waals surface area contributed by atoms with Crippen LogP contribution >= 0.6 is 0 Å². The number of carbonyl (C=O) groups is 1. The largest absolute Gasteiger partial charge is 0.491 e. The van der Waals surface area contributed by atoms with Crippen LogP contribution in [0.5, 0.6) is 5.75 Å². The Balaban J connectivity index is 1.44. The van der Waals surface area contributed by atoms with Gasteiger partial charge in [-0.3, -0.25) is 4.90 Å².